The van der Waals surface area contributed by atoms with Gasteiger partial charge in [0, 0.05) is 46.7 Å². The number of benzene rings is 5. The zero-order chi connectivity index (χ0) is 40.4. The Balaban J connectivity index is 0.000000165. The second-order valence-electron chi connectivity index (χ2n) is 15.7. The summed E-state index contributed by atoms with van der Waals surface area (Å²) >= 11 is 8.00. The number of para-hydroxylation sites is 1. The van der Waals surface area contributed by atoms with Crippen LogP contribution in [0.25, 0.3) is 10.9 Å². The minimum atomic E-state index is -0.619. The third kappa shape index (κ3) is 10.6. The first-order valence-electron chi connectivity index (χ1n) is 20.5. The molecule has 2 aliphatic rings. The van der Waals surface area contributed by atoms with Gasteiger partial charge >= 0.3 is 0 Å². The Morgan fingerprint density at radius 2 is 1.50 bits per heavy atom. The molecule has 0 fully saturated rings. The fourth-order valence-corrected chi connectivity index (χ4v) is 10.2. The van der Waals surface area contributed by atoms with Crippen LogP contribution >= 0.6 is 35.8 Å². The number of hydrogen-bond donors (Lipinski definition) is 3. The summed E-state index contributed by atoms with van der Waals surface area (Å²) in [5.41, 5.74) is 11.9. The Morgan fingerprint density at radius 3 is 2.19 bits per heavy atom. The van der Waals surface area contributed by atoms with E-state index in [4.69, 9.17) is 11.6 Å². The maximum absolute atomic E-state index is 10.4. The highest BCUT2D eigenvalue weighted by molar-refractivity contribution is 8.00. The van der Waals surface area contributed by atoms with E-state index in [2.05, 4.69) is 146 Å². The maximum atomic E-state index is 10.4. The zero-order valence-corrected chi connectivity index (χ0v) is 37.4. The van der Waals surface area contributed by atoms with Crippen molar-refractivity contribution in [2.45, 2.75) is 75.4 Å². The molecular formula is C50H62Cl2N4OS. The summed E-state index contributed by atoms with van der Waals surface area (Å²) in [4.78, 5) is 2.30. The van der Waals surface area contributed by atoms with Crippen molar-refractivity contribution in [2.75, 3.05) is 40.5 Å². The van der Waals surface area contributed by atoms with Gasteiger partial charge in [0.15, 0.2) is 0 Å². The number of hydrogen-bond acceptors (Lipinski definition) is 5. The number of nitrogens with zero attached hydrogens (tertiary/aromatic N) is 2. The van der Waals surface area contributed by atoms with Gasteiger partial charge in [-0.2, -0.15) is 0 Å². The lowest BCUT2D eigenvalue weighted by Gasteiger charge is -2.36. The van der Waals surface area contributed by atoms with E-state index in [1.807, 2.05) is 43.4 Å². The van der Waals surface area contributed by atoms with Crippen molar-refractivity contribution in [3.63, 3.8) is 0 Å². The molecule has 0 saturated carbocycles. The zero-order valence-electron chi connectivity index (χ0n) is 35.0. The van der Waals surface area contributed by atoms with Crippen molar-refractivity contribution in [3.05, 3.63) is 177 Å². The summed E-state index contributed by atoms with van der Waals surface area (Å²) in [5, 5.41) is 19.1. The number of fused-ring (bicyclic) bond motifs is 4. The predicted molar refractivity (Wildman–Crippen MR) is 252 cm³/mol. The number of aryl methyl sites for hydroxylation is 2. The molecule has 5 nitrogen and oxygen atoms in total. The maximum Gasteiger partial charge on any atom is 0.104 e. The van der Waals surface area contributed by atoms with Gasteiger partial charge in [-0.15, -0.1) is 24.2 Å². The summed E-state index contributed by atoms with van der Waals surface area (Å²) in [6.45, 7) is 7.67. The van der Waals surface area contributed by atoms with E-state index in [0.29, 0.717) is 17.0 Å². The normalized spacial score (nSPS) is 18.8. The van der Waals surface area contributed by atoms with Crippen LogP contribution in [0.3, 0.4) is 0 Å². The average Bonchev–Trinajstić information content (AvgIpc) is 3.59. The summed E-state index contributed by atoms with van der Waals surface area (Å²) in [6.07, 6.45) is 4.25. The molecule has 0 radical (unpaired) electrons. The van der Waals surface area contributed by atoms with Gasteiger partial charge in [-0.05, 0) is 137 Å². The van der Waals surface area contributed by atoms with Crippen LogP contribution in [0.2, 0.25) is 5.02 Å². The fourth-order valence-electron chi connectivity index (χ4n) is 8.73. The van der Waals surface area contributed by atoms with Crippen molar-refractivity contribution in [1.82, 2.24) is 20.1 Å². The van der Waals surface area contributed by atoms with Gasteiger partial charge in [0.25, 0.3) is 0 Å². The molecule has 308 valence electrons. The number of aromatic nitrogens is 1. The van der Waals surface area contributed by atoms with Crippen LogP contribution in [0.5, 0.6) is 0 Å². The largest absolute Gasteiger partial charge is 0.384 e. The molecule has 1 aromatic heterocycles. The first kappa shape index (κ1) is 45.5. The molecule has 58 heavy (non-hydrogen) atoms. The molecule has 6 aromatic rings. The number of halogens is 2. The number of nitrogens with one attached hydrogen (secondary N) is 2. The molecule has 0 amide bonds. The average molecular weight is 838 g/mol. The van der Waals surface area contributed by atoms with Gasteiger partial charge < -0.3 is 25.2 Å². The number of aliphatic hydroxyl groups is 1. The van der Waals surface area contributed by atoms with E-state index in [-0.39, 0.29) is 17.2 Å². The Hall–Kier alpha value is -3.59. The van der Waals surface area contributed by atoms with E-state index in [9.17, 15) is 5.11 Å². The summed E-state index contributed by atoms with van der Waals surface area (Å²) in [6, 6.07) is 44.4. The third-order valence-electron chi connectivity index (χ3n) is 11.6. The molecule has 0 saturated heterocycles. The highest BCUT2D eigenvalue weighted by Crippen LogP contribution is 2.48. The Morgan fingerprint density at radius 1 is 0.845 bits per heavy atom. The third-order valence-corrected chi connectivity index (χ3v) is 13.3. The lowest BCUT2D eigenvalue weighted by Crippen LogP contribution is -2.31. The minimum absolute atomic E-state index is 0. The summed E-state index contributed by atoms with van der Waals surface area (Å²) < 4.78 is 2.80. The van der Waals surface area contributed by atoms with Crippen molar-refractivity contribution < 1.29 is 5.11 Å². The topological polar surface area (TPSA) is 52.5 Å². The summed E-state index contributed by atoms with van der Waals surface area (Å²) in [5.74, 6) is 1.81. The second-order valence-corrected chi connectivity index (χ2v) is 17.7. The predicted octanol–water partition coefficient (Wildman–Crippen LogP) is 11.6. The quantitative estimate of drug-likeness (QED) is 0.128. The molecule has 2 heterocycles. The van der Waals surface area contributed by atoms with Crippen molar-refractivity contribution in [2.24, 2.45) is 0 Å². The minimum Gasteiger partial charge on any atom is -0.384 e. The smallest absolute Gasteiger partial charge is 0.104 e. The Labute approximate surface area is 363 Å². The Bertz CT molecular complexity index is 2140. The van der Waals surface area contributed by atoms with Gasteiger partial charge in [-0.1, -0.05) is 121 Å². The molecule has 2 unspecified atom stereocenters. The van der Waals surface area contributed by atoms with E-state index in [1.54, 1.807) is 23.4 Å². The molecule has 1 aliphatic heterocycles. The molecule has 5 aromatic carbocycles. The van der Waals surface area contributed by atoms with E-state index < -0.39 is 6.10 Å². The molecule has 1 aliphatic carbocycles. The highest BCUT2D eigenvalue weighted by atomic mass is 35.5. The molecule has 0 spiro atoms. The fraction of sp³-hybridized carbons (Fsp3) is 0.360. The monoisotopic (exact) mass is 836 g/mol. The van der Waals surface area contributed by atoms with E-state index >= 15 is 0 Å². The van der Waals surface area contributed by atoms with E-state index in [0.717, 1.165) is 36.3 Å². The molecular weight excluding hydrogens is 776 g/mol. The SMILES string of the molecule is CCn1c2c(c3ccccc31)CCSC2(C)CCN(C)C.CNCc1ccccc1C(O)c1ccc(Cl)cc1.CN[C@@H]1CC[C@@H](c2ccccc2)c2ccccc21.Cl. The van der Waals surface area contributed by atoms with Crippen LogP contribution in [-0.2, 0) is 24.3 Å². The van der Waals surface area contributed by atoms with Crippen molar-refractivity contribution >= 4 is 46.7 Å². The van der Waals surface area contributed by atoms with Gasteiger partial charge in [-0.25, -0.2) is 0 Å². The lowest BCUT2D eigenvalue weighted by molar-refractivity contribution is 0.219. The second kappa shape index (κ2) is 21.6. The van der Waals surface area contributed by atoms with Crippen LogP contribution < -0.4 is 10.6 Å². The lowest BCUT2D eigenvalue weighted by atomic mass is 9.77. The number of rotatable bonds is 10. The van der Waals surface area contributed by atoms with Crippen molar-refractivity contribution in [3.8, 4) is 0 Å². The molecule has 8 rings (SSSR count). The highest BCUT2D eigenvalue weighted by Gasteiger charge is 2.37. The van der Waals surface area contributed by atoms with Gasteiger partial charge in [0.1, 0.15) is 6.10 Å². The van der Waals surface area contributed by atoms with E-state index in [1.165, 1.54) is 59.0 Å². The number of thioether (sulfide) groups is 1. The van der Waals surface area contributed by atoms with Crippen molar-refractivity contribution in [1.29, 1.82) is 0 Å². The van der Waals surface area contributed by atoms with Gasteiger partial charge in [0.05, 0.1) is 4.75 Å². The summed E-state index contributed by atoms with van der Waals surface area (Å²) in [7, 11) is 8.30. The number of aliphatic hydroxyl groups excluding tert-OH is 1. The molecule has 8 heteroatoms. The van der Waals surface area contributed by atoms with Crippen LogP contribution in [0.15, 0.2) is 127 Å². The first-order chi connectivity index (χ1) is 27.7. The molecule has 0 bridgehead atoms. The van der Waals surface area contributed by atoms with Gasteiger partial charge in [-0.3, -0.25) is 0 Å². The van der Waals surface area contributed by atoms with Crippen LogP contribution in [0.4, 0.5) is 0 Å². The van der Waals surface area contributed by atoms with Crippen LogP contribution in [-0.4, -0.2) is 55.1 Å². The molecule has 3 N–H and O–H groups in total. The first-order valence-corrected chi connectivity index (χ1v) is 21.9. The van der Waals surface area contributed by atoms with Crippen LogP contribution in [0, 0.1) is 0 Å². The Kier molecular flexibility index (Phi) is 16.9. The standard InChI is InChI=1S/C18H26N2S.C17H19N.C15H16ClNO.ClH/c1-5-20-16-9-7-6-8-14(16)15-10-13-21-18(2,17(15)20)11-12-19(3)4;1-18-17-12-11-14(13-7-3-2-4-8-13)15-9-5-6-10-16(15)17;1-17-10-12-4-2-3-5-14(12)15(18)11-6-8-13(16)9-7-11;/h6-9H,5,10-13H2,1-4H3;2-10,14,17-18H,11-12H2,1H3;2-9,15,17-18H,10H2,1H3;1H/t;14-,17+;;/m.0../s1. The van der Waals surface area contributed by atoms with Gasteiger partial charge in [0.2, 0.25) is 0 Å². The van der Waals surface area contributed by atoms with Crippen LogP contribution in [0.1, 0.15) is 95.8 Å². The molecule has 4 atom stereocenters.